The van der Waals surface area contributed by atoms with Gasteiger partial charge in [-0.3, -0.25) is 9.63 Å². The number of unbranched alkanes of at least 4 members (excludes halogenated alkanes) is 5. The topological polar surface area (TPSA) is 75.7 Å². The summed E-state index contributed by atoms with van der Waals surface area (Å²) in [7, 11) is -3.77. The number of carbonyl (C=O) groups excluding carboxylic acids is 1. The van der Waals surface area contributed by atoms with Crippen LogP contribution in [-0.2, 0) is 26.3 Å². The molecule has 0 heterocycles. The van der Waals surface area contributed by atoms with E-state index < -0.39 is 15.9 Å². The number of amides is 1. The number of benzene rings is 2. The molecule has 0 aliphatic carbocycles. The first-order valence-corrected chi connectivity index (χ1v) is 12.4. The normalized spacial score (nSPS) is 11.6. The number of nitrogens with one attached hydrogen (secondary N) is 1. The summed E-state index contributed by atoms with van der Waals surface area (Å²) in [6, 6.07) is 16.1. The van der Waals surface area contributed by atoms with E-state index in [-0.39, 0.29) is 18.0 Å². The monoisotopic (exact) mass is 446 g/mol. The first-order chi connectivity index (χ1) is 14.9. The second-order valence-corrected chi connectivity index (χ2v) is 9.66. The SMILES string of the molecule is CCCCCCCCN(CC(=O)NOCc1ccccc1)S(=O)(=O)c1ccc(C)cc1. The third-order valence-electron chi connectivity index (χ3n) is 5.01. The highest BCUT2D eigenvalue weighted by Crippen LogP contribution is 2.17. The number of hydroxylamine groups is 1. The number of hydrogen-bond acceptors (Lipinski definition) is 4. The van der Waals surface area contributed by atoms with Gasteiger partial charge in [0.1, 0.15) is 0 Å². The zero-order chi connectivity index (χ0) is 22.5. The van der Waals surface area contributed by atoms with Crippen LogP contribution >= 0.6 is 0 Å². The Balaban J connectivity index is 1.97. The first-order valence-electron chi connectivity index (χ1n) is 10.9. The minimum absolute atomic E-state index is 0.196. The summed E-state index contributed by atoms with van der Waals surface area (Å²) in [5, 5.41) is 0. The van der Waals surface area contributed by atoms with E-state index in [1.54, 1.807) is 24.3 Å². The smallest absolute Gasteiger partial charge is 0.258 e. The fourth-order valence-electron chi connectivity index (χ4n) is 3.18. The van der Waals surface area contributed by atoms with Gasteiger partial charge in [0.15, 0.2) is 0 Å². The van der Waals surface area contributed by atoms with Crippen molar-refractivity contribution in [3.05, 3.63) is 65.7 Å². The first kappa shape index (κ1) is 25.0. The molecule has 0 spiro atoms. The highest BCUT2D eigenvalue weighted by Gasteiger charge is 2.26. The molecule has 170 valence electrons. The third kappa shape index (κ3) is 8.81. The number of hydrogen-bond donors (Lipinski definition) is 1. The van der Waals surface area contributed by atoms with Gasteiger partial charge in [0.25, 0.3) is 5.91 Å². The number of nitrogens with zero attached hydrogens (tertiary/aromatic N) is 1. The van der Waals surface area contributed by atoms with Crippen LogP contribution in [0.3, 0.4) is 0 Å². The molecule has 0 bridgehead atoms. The van der Waals surface area contributed by atoms with E-state index in [4.69, 9.17) is 4.84 Å². The molecule has 0 atom stereocenters. The Morgan fingerprint density at radius 1 is 0.935 bits per heavy atom. The van der Waals surface area contributed by atoms with E-state index in [0.29, 0.717) is 13.0 Å². The Kier molecular flexibility index (Phi) is 10.7. The Morgan fingerprint density at radius 2 is 1.58 bits per heavy atom. The van der Waals surface area contributed by atoms with Gasteiger partial charge < -0.3 is 0 Å². The molecule has 7 heteroatoms. The molecular formula is C24H34N2O4S. The van der Waals surface area contributed by atoms with Crippen LogP contribution in [0.1, 0.15) is 56.6 Å². The molecule has 2 aromatic rings. The second kappa shape index (κ2) is 13.2. The Bertz CT molecular complexity index is 884. The standard InChI is InChI=1S/C24H34N2O4S/c1-3-4-5-6-7-11-18-26(31(28,29)23-16-14-21(2)15-17-23)19-24(27)25-30-20-22-12-9-8-10-13-22/h8-10,12-17H,3-7,11,18-20H2,1-2H3,(H,25,27). The molecule has 0 fully saturated rings. The van der Waals surface area contributed by atoms with Crippen LogP contribution in [0, 0.1) is 6.92 Å². The fourth-order valence-corrected chi connectivity index (χ4v) is 4.61. The van der Waals surface area contributed by atoms with Crippen LogP contribution in [-0.4, -0.2) is 31.7 Å². The summed E-state index contributed by atoms with van der Waals surface area (Å²) in [4.78, 5) is 17.9. The van der Waals surface area contributed by atoms with Crippen molar-refractivity contribution in [2.24, 2.45) is 0 Å². The average Bonchev–Trinajstić information content (AvgIpc) is 2.76. The van der Waals surface area contributed by atoms with Gasteiger partial charge in [-0.1, -0.05) is 87.1 Å². The minimum Gasteiger partial charge on any atom is -0.271 e. The Labute approximate surface area is 186 Å². The van der Waals surface area contributed by atoms with Gasteiger partial charge in [0.2, 0.25) is 10.0 Å². The number of rotatable bonds is 14. The molecule has 2 aromatic carbocycles. The van der Waals surface area contributed by atoms with Crippen molar-refractivity contribution in [3.63, 3.8) is 0 Å². The van der Waals surface area contributed by atoms with Crippen molar-refractivity contribution in [1.82, 2.24) is 9.79 Å². The maximum absolute atomic E-state index is 13.1. The third-order valence-corrected chi connectivity index (χ3v) is 6.87. The lowest BCUT2D eigenvalue weighted by atomic mass is 10.1. The second-order valence-electron chi connectivity index (χ2n) is 7.72. The maximum atomic E-state index is 13.1. The van der Waals surface area contributed by atoms with Crippen LogP contribution in [0.15, 0.2) is 59.5 Å². The largest absolute Gasteiger partial charge is 0.271 e. The summed E-state index contributed by atoms with van der Waals surface area (Å²) >= 11 is 0. The van der Waals surface area contributed by atoms with Crippen LogP contribution in [0.4, 0.5) is 0 Å². The molecule has 0 radical (unpaired) electrons. The molecule has 6 nitrogen and oxygen atoms in total. The van der Waals surface area contributed by atoms with Crippen molar-refractivity contribution in [1.29, 1.82) is 0 Å². The zero-order valence-electron chi connectivity index (χ0n) is 18.5. The summed E-state index contributed by atoms with van der Waals surface area (Å²) < 4.78 is 27.5. The van der Waals surface area contributed by atoms with Crippen molar-refractivity contribution in [3.8, 4) is 0 Å². The molecule has 2 rings (SSSR count). The maximum Gasteiger partial charge on any atom is 0.258 e. The Morgan fingerprint density at radius 3 is 2.26 bits per heavy atom. The van der Waals surface area contributed by atoms with Crippen molar-refractivity contribution < 1.29 is 18.0 Å². The predicted molar refractivity (Wildman–Crippen MR) is 123 cm³/mol. The number of carbonyl (C=O) groups is 1. The van der Waals surface area contributed by atoms with Crippen molar-refractivity contribution >= 4 is 15.9 Å². The van der Waals surface area contributed by atoms with E-state index in [1.807, 2.05) is 37.3 Å². The number of aryl methyl sites for hydroxylation is 1. The molecule has 0 aromatic heterocycles. The molecule has 0 saturated carbocycles. The molecule has 31 heavy (non-hydrogen) atoms. The quantitative estimate of drug-likeness (QED) is 0.340. The van der Waals surface area contributed by atoms with E-state index in [1.165, 1.54) is 10.7 Å². The van der Waals surface area contributed by atoms with Gasteiger partial charge in [-0.15, -0.1) is 0 Å². The predicted octanol–water partition coefficient (Wildman–Crippen LogP) is 4.59. The highest BCUT2D eigenvalue weighted by molar-refractivity contribution is 7.89. The van der Waals surface area contributed by atoms with E-state index in [0.717, 1.165) is 36.8 Å². The molecule has 0 aliphatic heterocycles. The summed E-state index contributed by atoms with van der Waals surface area (Å²) in [5.41, 5.74) is 4.26. The summed E-state index contributed by atoms with van der Waals surface area (Å²) in [5.74, 6) is -0.488. The van der Waals surface area contributed by atoms with E-state index in [2.05, 4.69) is 12.4 Å². The average molecular weight is 447 g/mol. The van der Waals surface area contributed by atoms with Crippen LogP contribution in [0.2, 0.25) is 0 Å². The lowest BCUT2D eigenvalue weighted by Crippen LogP contribution is -2.41. The van der Waals surface area contributed by atoms with Gasteiger partial charge in [-0.25, -0.2) is 13.9 Å². The van der Waals surface area contributed by atoms with Crippen molar-refractivity contribution in [2.45, 2.75) is 63.9 Å². The van der Waals surface area contributed by atoms with Gasteiger partial charge in [-0.05, 0) is 31.0 Å². The molecule has 0 aliphatic rings. The van der Waals surface area contributed by atoms with E-state index in [9.17, 15) is 13.2 Å². The minimum atomic E-state index is -3.77. The molecule has 1 N–H and O–H groups in total. The Hall–Kier alpha value is -2.22. The summed E-state index contributed by atoms with van der Waals surface area (Å²) in [6.07, 6.45) is 6.22. The molecule has 0 unspecified atom stereocenters. The van der Waals surface area contributed by atoms with Gasteiger partial charge in [0.05, 0.1) is 18.0 Å². The molecule has 0 saturated heterocycles. The molecular weight excluding hydrogens is 412 g/mol. The van der Waals surface area contributed by atoms with Crippen molar-refractivity contribution in [2.75, 3.05) is 13.1 Å². The van der Waals surface area contributed by atoms with Crippen LogP contribution in [0.5, 0.6) is 0 Å². The highest BCUT2D eigenvalue weighted by atomic mass is 32.2. The van der Waals surface area contributed by atoms with Gasteiger partial charge in [0, 0.05) is 6.54 Å². The fraction of sp³-hybridized carbons (Fsp3) is 0.458. The molecule has 1 amide bonds. The van der Waals surface area contributed by atoms with Crippen LogP contribution in [0.25, 0.3) is 0 Å². The lowest BCUT2D eigenvalue weighted by molar-refractivity contribution is -0.134. The summed E-state index contributed by atoms with van der Waals surface area (Å²) in [6.45, 7) is 4.31. The van der Waals surface area contributed by atoms with E-state index >= 15 is 0 Å². The van der Waals surface area contributed by atoms with Crippen LogP contribution < -0.4 is 5.48 Å². The lowest BCUT2D eigenvalue weighted by Gasteiger charge is -2.22. The number of sulfonamides is 1. The zero-order valence-corrected chi connectivity index (χ0v) is 19.4. The van der Waals surface area contributed by atoms with Gasteiger partial charge >= 0.3 is 0 Å². The van der Waals surface area contributed by atoms with Gasteiger partial charge in [-0.2, -0.15) is 4.31 Å².